The van der Waals surface area contributed by atoms with Gasteiger partial charge >= 0.3 is 5.97 Å². The summed E-state index contributed by atoms with van der Waals surface area (Å²) in [6.45, 7) is 3.75. The van der Waals surface area contributed by atoms with Crippen molar-refractivity contribution in [1.82, 2.24) is 5.32 Å². The van der Waals surface area contributed by atoms with Crippen molar-refractivity contribution in [3.8, 4) is 5.75 Å². The van der Waals surface area contributed by atoms with Crippen LogP contribution in [0, 0.1) is 11.6 Å². The van der Waals surface area contributed by atoms with E-state index in [1.54, 1.807) is 0 Å². The van der Waals surface area contributed by atoms with E-state index >= 15 is 0 Å². The van der Waals surface area contributed by atoms with Crippen LogP contribution in [0.1, 0.15) is 46.0 Å². The van der Waals surface area contributed by atoms with Gasteiger partial charge < -0.3 is 15.2 Å². The van der Waals surface area contributed by atoms with Crippen LogP contribution in [-0.2, 0) is 9.59 Å². The lowest BCUT2D eigenvalue weighted by Gasteiger charge is -2.31. The maximum Gasteiger partial charge on any atom is 0.305 e. The lowest BCUT2D eigenvalue weighted by Crippen LogP contribution is -2.49. The Morgan fingerprint density at radius 1 is 1.25 bits per heavy atom. The third-order valence-electron chi connectivity index (χ3n) is 3.95. The zero-order valence-electron chi connectivity index (χ0n) is 13.9. The molecule has 0 saturated heterocycles. The Morgan fingerprint density at radius 3 is 2.46 bits per heavy atom. The van der Waals surface area contributed by atoms with Gasteiger partial charge in [0.05, 0.1) is 13.0 Å². The second-order valence-electron chi connectivity index (χ2n) is 5.63. The van der Waals surface area contributed by atoms with Crippen LogP contribution in [0.2, 0.25) is 0 Å². The van der Waals surface area contributed by atoms with Crippen LogP contribution in [0.4, 0.5) is 8.78 Å². The smallest absolute Gasteiger partial charge is 0.305 e. The van der Waals surface area contributed by atoms with Gasteiger partial charge in [0.2, 0.25) is 5.91 Å². The van der Waals surface area contributed by atoms with E-state index in [0.29, 0.717) is 19.3 Å². The maximum absolute atomic E-state index is 13.4. The Morgan fingerprint density at radius 2 is 1.92 bits per heavy atom. The molecular weight excluding hydrogens is 320 g/mol. The summed E-state index contributed by atoms with van der Waals surface area (Å²) in [5.41, 5.74) is -0.757. The van der Waals surface area contributed by atoms with Gasteiger partial charge in [0.1, 0.15) is 5.82 Å². The molecule has 0 aliphatic carbocycles. The van der Waals surface area contributed by atoms with Crippen molar-refractivity contribution in [2.75, 3.05) is 6.61 Å². The highest BCUT2D eigenvalue weighted by molar-refractivity contribution is 5.78. The molecule has 1 aromatic carbocycles. The normalized spacial score (nSPS) is 11.2. The number of carbonyl (C=O) groups excluding carboxylic acids is 1. The van der Waals surface area contributed by atoms with Gasteiger partial charge in [0.25, 0.3) is 0 Å². The lowest BCUT2D eigenvalue weighted by atomic mass is 9.88. The number of carbonyl (C=O) groups is 2. The van der Waals surface area contributed by atoms with Crippen molar-refractivity contribution in [3.05, 3.63) is 29.8 Å². The quantitative estimate of drug-likeness (QED) is 0.639. The summed E-state index contributed by atoms with van der Waals surface area (Å²) >= 11 is 0. The first-order chi connectivity index (χ1) is 11.3. The summed E-state index contributed by atoms with van der Waals surface area (Å²) in [7, 11) is 0. The van der Waals surface area contributed by atoms with Gasteiger partial charge in [-0.05, 0) is 31.4 Å². The number of carboxylic acids is 1. The molecule has 7 heteroatoms. The minimum atomic E-state index is -0.964. The molecule has 0 bridgehead atoms. The van der Waals surface area contributed by atoms with Crippen LogP contribution < -0.4 is 10.1 Å². The van der Waals surface area contributed by atoms with E-state index in [0.717, 1.165) is 12.1 Å². The molecule has 0 aromatic heterocycles. The van der Waals surface area contributed by atoms with Gasteiger partial charge in [-0.2, -0.15) is 0 Å². The second-order valence-corrected chi connectivity index (χ2v) is 5.63. The van der Waals surface area contributed by atoms with Crippen molar-refractivity contribution in [2.24, 2.45) is 0 Å². The van der Waals surface area contributed by atoms with Crippen molar-refractivity contribution >= 4 is 11.9 Å². The van der Waals surface area contributed by atoms with Gasteiger partial charge in [0, 0.05) is 18.0 Å². The molecule has 0 unspecified atom stereocenters. The first kappa shape index (κ1) is 19.9. The van der Waals surface area contributed by atoms with E-state index in [1.807, 2.05) is 13.8 Å². The number of rotatable bonds is 10. The summed E-state index contributed by atoms with van der Waals surface area (Å²) in [5.74, 6) is -2.79. The Bertz CT molecular complexity index is 574. The van der Waals surface area contributed by atoms with Crippen LogP contribution in [0.5, 0.6) is 5.75 Å². The monoisotopic (exact) mass is 343 g/mol. The Balaban J connectivity index is 2.43. The summed E-state index contributed by atoms with van der Waals surface area (Å²) in [6.07, 6.45) is 1.35. The number of hydrogen-bond acceptors (Lipinski definition) is 3. The van der Waals surface area contributed by atoms with Crippen LogP contribution >= 0.6 is 0 Å². The number of nitrogens with one attached hydrogen (secondary N) is 1. The zero-order chi connectivity index (χ0) is 18.2. The Labute approximate surface area is 140 Å². The number of carboxylic acid groups (broad SMARTS) is 1. The molecule has 0 atom stereocenters. The van der Waals surface area contributed by atoms with Gasteiger partial charge in [-0.1, -0.05) is 13.8 Å². The lowest BCUT2D eigenvalue weighted by molar-refractivity contribution is -0.139. The number of halogens is 2. The topological polar surface area (TPSA) is 75.6 Å². The second kappa shape index (κ2) is 9.20. The summed E-state index contributed by atoms with van der Waals surface area (Å²) < 4.78 is 31.3. The molecule has 1 aromatic rings. The van der Waals surface area contributed by atoms with Gasteiger partial charge in [-0.25, -0.2) is 8.78 Å². The molecule has 24 heavy (non-hydrogen) atoms. The molecule has 0 heterocycles. The highest BCUT2D eigenvalue weighted by Gasteiger charge is 2.30. The fraction of sp³-hybridized carbons (Fsp3) is 0.529. The fourth-order valence-corrected chi connectivity index (χ4v) is 2.38. The predicted octanol–water partition coefficient (Wildman–Crippen LogP) is 3.27. The molecule has 0 radical (unpaired) electrons. The number of benzene rings is 1. The molecule has 2 N–H and O–H groups in total. The molecule has 0 fully saturated rings. The molecule has 5 nitrogen and oxygen atoms in total. The van der Waals surface area contributed by atoms with E-state index < -0.39 is 23.1 Å². The molecule has 0 saturated carbocycles. The van der Waals surface area contributed by atoms with Crippen molar-refractivity contribution in [1.29, 1.82) is 0 Å². The van der Waals surface area contributed by atoms with Crippen LogP contribution in [-0.4, -0.2) is 29.1 Å². The molecule has 1 rings (SSSR count). The third-order valence-corrected chi connectivity index (χ3v) is 3.95. The van der Waals surface area contributed by atoms with E-state index in [9.17, 15) is 18.4 Å². The average Bonchev–Trinajstić information content (AvgIpc) is 2.52. The van der Waals surface area contributed by atoms with E-state index in [4.69, 9.17) is 9.84 Å². The number of amides is 1. The van der Waals surface area contributed by atoms with Crippen molar-refractivity contribution in [3.63, 3.8) is 0 Å². The fourth-order valence-electron chi connectivity index (χ4n) is 2.38. The number of ether oxygens (including phenoxy) is 1. The minimum Gasteiger partial charge on any atom is -0.491 e. The highest BCUT2D eigenvalue weighted by Crippen LogP contribution is 2.20. The third kappa shape index (κ3) is 6.14. The zero-order valence-corrected chi connectivity index (χ0v) is 13.9. The predicted molar refractivity (Wildman–Crippen MR) is 84.8 cm³/mol. The Kier molecular flexibility index (Phi) is 7.61. The van der Waals surface area contributed by atoms with Gasteiger partial charge in [-0.15, -0.1) is 0 Å². The molecule has 0 spiro atoms. The first-order valence-electron chi connectivity index (χ1n) is 7.92. The molecule has 134 valence electrons. The Hall–Kier alpha value is -2.18. The van der Waals surface area contributed by atoms with Crippen LogP contribution in [0.15, 0.2) is 18.2 Å². The number of hydrogen-bond donors (Lipinski definition) is 2. The van der Waals surface area contributed by atoms with Crippen LogP contribution in [0.3, 0.4) is 0 Å². The van der Waals surface area contributed by atoms with Gasteiger partial charge in [0.15, 0.2) is 11.6 Å². The first-order valence-corrected chi connectivity index (χ1v) is 7.92. The maximum atomic E-state index is 13.4. The molecular formula is C17H23F2NO4. The van der Waals surface area contributed by atoms with E-state index in [1.165, 1.54) is 6.07 Å². The highest BCUT2D eigenvalue weighted by atomic mass is 19.1. The van der Waals surface area contributed by atoms with Crippen molar-refractivity contribution in [2.45, 2.75) is 51.5 Å². The SMILES string of the molecule is CCC(CC)(CC(=O)O)NC(=O)CCCOc1ccc(F)cc1F. The van der Waals surface area contributed by atoms with Gasteiger partial charge in [-0.3, -0.25) is 9.59 Å². The molecule has 0 aliphatic heterocycles. The summed E-state index contributed by atoms with van der Waals surface area (Å²) in [5, 5.41) is 11.8. The van der Waals surface area contributed by atoms with E-state index in [-0.39, 0.29) is 31.1 Å². The summed E-state index contributed by atoms with van der Waals surface area (Å²) in [6, 6.07) is 3.01. The standard InChI is InChI=1S/C17H23F2NO4/c1-3-17(4-2,11-16(22)23)20-15(21)6-5-9-24-14-8-7-12(18)10-13(14)19/h7-8,10H,3-6,9,11H2,1-2H3,(H,20,21)(H,22,23). The van der Waals surface area contributed by atoms with Crippen molar-refractivity contribution < 1.29 is 28.2 Å². The molecule has 0 aliphatic rings. The minimum absolute atomic E-state index is 0.0702. The summed E-state index contributed by atoms with van der Waals surface area (Å²) in [4.78, 5) is 23.0. The van der Waals surface area contributed by atoms with E-state index in [2.05, 4.69) is 5.32 Å². The molecule has 1 amide bonds. The largest absolute Gasteiger partial charge is 0.491 e. The number of aliphatic carboxylic acids is 1. The van der Waals surface area contributed by atoms with Crippen LogP contribution in [0.25, 0.3) is 0 Å². The average molecular weight is 343 g/mol.